The number of hydrogen-bond acceptors (Lipinski definition) is 5. The van der Waals surface area contributed by atoms with E-state index in [1.54, 1.807) is 0 Å². The highest BCUT2D eigenvalue weighted by molar-refractivity contribution is 5.38. The monoisotopic (exact) mass is 502 g/mol. The van der Waals surface area contributed by atoms with Crippen LogP contribution >= 0.6 is 0 Å². The summed E-state index contributed by atoms with van der Waals surface area (Å²) in [5.74, 6) is 0.968. The highest BCUT2D eigenvalue weighted by Crippen LogP contribution is 2.33. The van der Waals surface area contributed by atoms with Gasteiger partial charge in [-0.3, -0.25) is 0 Å². The Morgan fingerprint density at radius 2 is 1.53 bits per heavy atom. The van der Waals surface area contributed by atoms with Gasteiger partial charge < -0.3 is 24.8 Å². The molecule has 0 bridgehead atoms. The average Bonchev–Trinajstić information content (AvgIpc) is 2.94. The van der Waals surface area contributed by atoms with E-state index in [2.05, 4.69) is 49.4 Å². The van der Waals surface area contributed by atoms with Crippen molar-refractivity contribution in [2.24, 2.45) is 0 Å². The lowest BCUT2D eigenvalue weighted by Gasteiger charge is -2.32. The predicted octanol–water partition coefficient (Wildman–Crippen LogP) is 6.53. The predicted molar refractivity (Wildman–Crippen MR) is 149 cm³/mol. The molecule has 5 heteroatoms. The van der Waals surface area contributed by atoms with Gasteiger partial charge in [0.05, 0.1) is 31.0 Å². The van der Waals surface area contributed by atoms with E-state index in [9.17, 15) is 10.2 Å². The summed E-state index contributed by atoms with van der Waals surface area (Å²) in [6, 6.07) is 14.9. The summed E-state index contributed by atoms with van der Waals surface area (Å²) >= 11 is 0. The smallest absolute Gasteiger partial charge is 0.119 e. The van der Waals surface area contributed by atoms with Crippen LogP contribution in [0.1, 0.15) is 101 Å². The molecule has 2 aromatic rings. The van der Waals surface area contributed by atoms with Gasteiger partial charge in [0.25, 0.3) is 0 Å². The molecule has 0 amide bonds. The van der Waals surface area contributed by atoms with Gasteiger partial charge in [-0.15, -0.1) is 0 Å². The van der Waals surface area contributed by atoms with E-state index in [1.807, 2.05) is 27.7 Å². The highest BCUT2D eigenvalue weighted by atomic mass is 16.5. The van der Waals surface area contributed by atoms with Crippen LogP contribution in [0.5, 0.6) is 5.75 Å². The van der Waals surface area contributed by atoms with Gasteiger partial charge >= 0.3 is 0 Å². The Morgan fingerprint density at radius 3 is 2.14 bits per heavy atom. The van der Waals surface area contributed by atoms with Gasteiger partial charge in [0.2, 0.25) is 0 Å². The first kappa shape index (κ1) is 32.1. The van der Waals surface area contributed by atoms with Gasteiger partial charge in [0.15, 0.2) is 0 Å². The molecule has 0 aromatic heterocycles. The van der Waals surface area contributed by atoms with Crippen LogP contribution in [-0.4, -0.2) is 47.3 Å². The third-order valence-electron chi connectivity index (χ3n) is 6.50. The van der Waals surface area contributed by atoms with Crippen molar-refractivity contribution in [3.63, 3.8) is 0 Å². The minimum Gasteiger partial charge on any atom is -0.490 e. The largest absolute Gasteiger partial charge is 0.490 e. The molecule has 2 fully saturated rings. The lowest BCUT2D eigenvalue weighted by molar-refractivity contribution is -0.113. The fourth-order valence-corrected chi connectivity index (χ4v) is 4.69. The fraction of sp³-hybridized carbons (Fsp3) is 0.613. The molecule has 204 valence electrons. The second kappa shape index (κ2) is 18.3. The molecule has 4 rings (SSSR count). The van der Waals surface area contributed by atoms with E-state index in [1.165, 1.54) is 48.8 Å². The Bertz CT molecular complexity index is 814. The number of aliphatic hydroxyl groups is 3. The van der Waals surface area contributed by atoms with Crippen LogP contribution in [0.2, 0.25) is 0 Å². The molecular weight excluding hydrogens is 452 g/mol. The third kappa shape index (κ3) is 10.2. The number of hydrogen-bond donors (Lipinski definition) is 3. The van der Waals surface area contributed by atoms with Crippen molar-refractivity contribution < 1.29 is 24.8 Å². The molecule has 1 aliphatic carbocycles. The van der Waals surface area contributed by atoms with Crippen LogP contribution in [0, 0.1) is 6.92 Å². The Balaban J connectivity index is 0.00000101. The Labute approximate surface area is 219 Å². The summed E-state index contributed by atoms with van der Waals surface area (Å²) in [6.45, 7) is 10.1. The third-order valence-corrected chi connectivity index (χ3v) is 6.50. The summed E-state index contributed by atoms with van der Waals surface area (Å²) < 4.78 is 12.2. The highest BCUT2D eigenvalue weighted by Gasteiger charge is 2.29. The normalized spacial score (nSPS) is 21.5. The number of ether oxygens (including phenoxy) is 2. The topological polar surface area (TPSA) is 79.2 Å². The summed E-state index contributed by atoms with van der Waals surface area (Å²) in [4.78, 5) is 0. The van der Waals surface area contributed by atoms with Crippen molar-refractivity contribution in [2.45, 2.75) is 110 Å². The summed E-state index contributed by atoms with van der Waals surface area (Å²) in [6.07, 6.45) is 7.64. The Morgan fingerprint density at radius 1 is 0.889 bits per heavy atom. The zero-order valence-corrected chi connectivity index (χ0v) is 23.4. The maximum Gasteiger partial charge on any atom is 0.119 e. The minimum atomic E-state index is -0.428. The Hall–Kier alpha value is -1.92. The van der Waals surface area contributed by atoms with Crippen LogP contribution in [0.4, 0.5) is 0 Å². The van der Waals surface area contributed by atoms with E-state index in [0.717, 1.165) is 24.8 Å². The van der Waals surface area contributed by atoms with Crippen molar-refractivity contribution in [1.29, 1.82) is 0 Å². The quantitative estimate of drug-likeness (QED) is 0.418. The summed E-state index contributed by atoms with van der Waals surface area (Å²) in [7, 11) is 1.00. The lowest BCUT2D eigenvalue weighted by Crippen LogP contribution is -2.33. The maximum absolute atomic E-state index is 10.1. The summed E-state index contributed by atoms with van der Waals surface area (Å²) in [5, 5.41) is 26.6. The van der Waals surface area contributed by atoms with E-state index in [-0.39, 0.29) is 18.8 Å². The molecule has 5 nitrogen and oxygen atoms in total. The van der Waals surface area contributed by atoms with Gasteiger partial charge in [0, 0.05) is 20.0 Å². The standard InChI is InChI=1S/C26H34O4.2C2H6.CH4O/c1-18-7-10-20(26-16-22(28)15-25(17-27)30-26)14-21(18)13-19-8-11-24(12-9-19)29-23-5-3-2-4-6-23;3*1-2/h7-12,14,22-23,25-28H,2-6,13,15-17H2,1H3;2*1-2H3;2H,1H3. The van der Waals surface area contributed by atoms with Crippen LogP contribution in [0.3, 0.4) is 0 Å². The molecule has 0 radical (unpaired) electrons. The molecule has 1 saturated carbocycles. The fourth-order valence-electron chi connectivity index (χ4n) is 4.69. The van der Waals surface area contributed by atoms with Crippen LogP contribution in [0.25, 0.3) is 0 Å². The molecule has 1 heterocycles. The molecule has 36 heavy (non-hydrogen) atoms. The molecule has 2 aromatic carbocycles. The lowest BCUT2D eigenvalue weighted by atomic mass is 9.92. The van der Waals surface area contributed by atoms with E-state index in [4.69, 9.17) is 14.6 Å². The van der Waals surface area contributed by atoms with E-state index in [0.29, 0.717) is 18.9 Å². The molecule has 3 unspecified atom stereocenters. The first-order valence-electron chi connectivity index (χ1n) is 13.8. The SMILES string of the molecule is CC.CC.CO.Cc1ccc(C2CC(O)CC(CO)O2)cc1Cc1ccc(OC2CCCCC2)cc1. The molecule has 3 N–H and O–H groups in total. The molecule has 0 spiro atoms. The van der Waals surface area contributed by atoms with Crippen molar-refractivity contribution >= 4 is 0 Å². The molecule has 1 aliphatic heterocycles. The minimum absolute atomic E-state index is 0.0540. The van der Waals surface area contributed by atoms with Gasteiger partial charge in [-0.25, -0.2) is 0 Å². The average molecular weight is 503 g/mol. The van der Waals surface area contributed by atoms with Crippen molar-refractivity contribution in [1.82, 2.24) is 0 Å². The Kier molecular flexibility index (Phi) is 16.4. The number of aryl methyl sites for hydroxylation is 1. The first-order valence-corrected chi connectivity index (χ1v) is 13.8. The van der Waals surface area contributed by atoms with Crippen LogP contribution in [0.15, 0.2) is 42.5 Å². The summed E-state index contributed by atoms with van der Waals surface area (Å²) in [5.41, 5.74) is 4.84. The van der Waals surface area contributed by atoms with Crippen molar-refractivity contribution in [3.05, 3.63) is 64.7 Å². The van der Waals surface area contributed by atoms with Gasteiger partial charge in [0.1, 0.15) is 5.75 Å². The molecule has 3 atom stereocenters. The second-order valence-corrected chi connectivity index (χ2v) is 8.94. The van der Waals surface area contributed by atoms with Gasteiger partial charge in [-0.05, 0) is 73.4 Å². The number of aliphatic hydroxyl groups excluding tert-OH is 3. The van der Waals surface area contributed by atoms with Gasteiger partial charge in [-0.2, -0.15) is 0 Å². The van der Waals surface area contributed by atoms with Crippen LogP contribution < -0.4 is 4.74 Å². The maximum atomic E-state index is 10.1. The van der Waals surface area contributed by atoms with Gasteiger partial charge in [-0.1, -0.05) is 64.4 Å². The molecule has 1 saturated heterocycles. The van der Waals surface area contributed by atoms with Crippen LogP contribution in [-0.2, 0) is 11.2 Å². The first-order chi connectivity index (χ1) is 17.6. The number of rotatable bonds is 6. The van der Waals surface area contributed by atoms with E-state index < -0.39 is 6.10 Å². The van der Waals surface area contributed by atoms with Crippen molar-refractivity contribution in [3.8, 4) is 5.75 Å². The molecule has 2 aliphatic rings. The van der Waals surface area contributed by atoms with E-state index >= 15 is 0 Å². The zero-order chi connectivity index (χ0) is 26.9. The van der Waals surface area contributed by atoms with Crippen molar-refractivity contribution in [2.75, 3.05) is 13.7 Å². The zero-order valence-electron chi connectivity index (χ0n) is 23.4. The second-order valence-electron chi connectivity index (χ2n) is 8.94. The number of benzene rings is 2. The molecular formula is C31H50O5.